The van der Waals surface area contributed by atoms with E-state index in [-0.39, 0.29) is 0 Å². The van der Waals surface area contributed by atoms with Gasteiger partial charge in [-0.15, -0.1) is 5.10 Å². The third-order valence-corrected chi connectivity index (χ3v) is 5.18. The molecule has 0 unspecified atom stereocenters. The number of halogens is 2. The number of nitrogens with zero attached hydrogens (tertiary/aromatic N) is 6. The normalized spacial score (nSPS) is 11.5. The summed E-state index contributed by atoms with van der Waals surface area (Å²) in [7, 11) is 0. The van der Waals surface area contributed by atoms with Gasteiger partial charge in [-0.3, -0.25) is 0 Å². The van der Waals surface area contributed by atoms with Crippen molar-refractivity contribution in [1.82, 2.24) is 29.4 Å². The van der Waals surface area contributed by atoms with Gasteiger partial charge in [-0.25, -0.2) is 19.2 Å². The molecule has 0 saturated carbocycles. The fraction of sp³-hybridized carbons (Fsp3) is 0.0526. The highest BCUT2D eigenvalue weighted by molar-refractivity contribution is 6.42. The first kappa shape index (κ1) is 16.2. The molecule has 132 valence electrons. The smallest absolute Gasteiger partial charge is 0.182 e. The molecule has 0 aliphatic rings. The zero-order chi connectivity index (χ0) is 18.5. The van der Waals surface area contributed by atoms with E-state index in [0.717, 1.165) is 22.2 Å². The molecule has 0 N–H and O–H groups in total. The lowest BCUT2D eigenvalue weighted by molar-refractivity contribution is 0.882. The van der Waals surface area contributed by atoms with Crippen LogP contribution in [0.15, 0.2) is 55.0 Å². The van der Waals surface area contributed by atoms with Gasteiger partial charge >= 0.3 is 0 Å². The molecule has 0 aliphatic carbocycles. The summed E-state index contributed by atoms with van der Waals surface area (Å²) in [6.45, 7) is 2.04. The molecule has 5 aromatic rings. The van der Waals surface area contributed by atoms with E-state index < -0.39 is 0 Å². The number of aryl methyl sites for hydroxylation is 1. The fourth-order valence-corrected chi connectivity index (χ4v) is 3.36. The van der Waals surface area contributed by atoms with E-state index in [4.69, 9.17) is 28.2 Å². The Balaban J connectivity index is 1.71. The number of hydrogen-bond acceptors (Lipinski definition) is 4. The van der Waals surface area contributed by atoms with Crippen LogP contribution in [0.3, 0.4) is 0 Å². The molecule has 0 radical (unpaired) electrons. The van der Waals surface area contributed by atoms with Crippen LogP contribution in [0.1, 0.15) is 5.56 Å². The third kappa shape index (κ3) is 2.57. The molecule has 27 heavy (non-hydrogen) atoms. The molecule has 8 heteroatoms. The van der Waals surface area contributed by atoms with Crippen LogP contribution in [0.2, 0.25) is 10.0 Å². The maximum atomic E-state index is 6.14. The van der Waals surface area contributed by atoms with Crippen molar-refractivity contribution in [3.8, 4) is 17.1 Å². The highest BCUT2D eigenvalue weighted by Crippen LogP contribution is 2.27. The molecule has 0 saturated heterocycles. The summed E-state index contributed by atoms with van der Waals surface area (Å²) < 4.78 is 3.38. The maximum Gasteiger partial charge on any atom is 0.182 e. The number of rotatable bonds is 2. The summed E-state index contributed by atoms with van der Waals surface area (Å²) in [4.78, 5) is 9.23. The van der Waals surface area contributed by atoms with Crippen LogP contribution in [0.25, 0.3) is 33.8 Å². The Morgan fingerprint density at radius 1 is 0.963 bits per heavy atom. The highest BCUT2D eigenvalue weighted by atomic mass is 35.5. The lowest BCUT2D eigenvalue weighted by Gasteiger charge is -2.04. The van der Waals surface area contributed by atoms with Gasteiger partial charge in [0.05, 0.1) is 27.3 Å². The zero-order valence-corrected chi connectivity index (χ0v) is 15.6. The molecule has 0 atom stereocenters. The first-order valence-corrected chi connectivity index (χ1v) is 8.98. The molecule has 0 spiro atoms. The van der Waals surface area contributed by atoms with E-state index in [1.54, 1.807) is 33.9 Å². The van der Waals surface area contributed by atoms with Gasteiger partial charge in [0.25, 0.3) is 0 Å². The molecule has 3 aromatic heterocycles. The average molecular weight is 395 g/mol. The minimum absolute atomic E-state index is 0.461. The quantitative estimate of drug-likeness (QED) is 0.433. The van der Waals surface area contributed by atoms with Crippen LogP contribution < -0.4 is 0 Å². The Kier molecular flexibility index (Phi) is 3.63. The minimum Gasteiger partial charge on any atom is -0.216 e. The fourth-order valence-electron chi connectivity index (χ4n) is 3.06. The second-order valence-corrected chi connectivity index (χ2v) is 6.97. The summed E-state index contributed by atoms with van der Waals surface area (Å²) in [5.74, 6) is 0.657. The summed E-state index contributed by atoms with van der Waals surface area (Å²) in [6.07, 6.45) is 3.37. The van der Waals surface area contributed by atoms with E-state index in [1.807, 2.05) is 37.3 Å². The monoisotopic (exact) mass is 394 g/mol. The van der Waals surface area contributed by atoms with Gasteiger partial charge in [0.2, 0.25) is 0 Å². The summed E-state index contributed by atoms with van der Waals surface area (Å²) >= 11 is 12.2. The van der Waals surface area contributed by atoms with Crippen LogP contribution in [-0.2, 0) is 0 Å². The van der Waals surface area contributed by atoms with E-state index in [0.29, 0.717) is 27.2 Å². The van der Waals surface area contributed by atoms with E-state index in [2.05, 4.69) is 15.2 Å². The summed E-state index contributed by atoms with van der Waals surface area (Å²) in [5, 5.41) is 10.8. The Hall–Kier alpha value is -2.96. The predicted molar refractivity (Wildman–Crippen MR) is 106 cm³/mol. The van der Waals surface area contributed by atoms with Crippen molar-refractivity contribution < 1.29 is 0 Å². The number of aromatic nitrogens is 6. The van der Waals surface area contributed by atoms with Crippen LogP contribution >= 0.6 is 23.2 Å². The van der Waals surface area contributed by atoms with E-state index in [1.165, 1.54) is 0 Å². The minimum atomic E-state index is 0.461. The molecule has 0 aliphatic heterocycles. The predicted octanol–water partition coefficient (Wildman–Crippen LogP) is 4.75. The van der Waals surface area contributed by atoms with Crippen LogP contribution in [-0.4, -0.2) is 29.4 Å². The molecule has 0 fully saturated rings. The van der Waals surface area contributed by atoms with Gasteiger partial charge in [0.1, 0.15) is 6.33 Å². The van der Waals surface area contributed by atoms with Crippen molar-refractivity contribution in [1.29, 1.82) is 0 Å². The van der Waals surface area contributed by atoms with Crippen molar-refractivity contribution in [3.63, 3.8) is 0 Å². The van der Waals surface area contributed by atoms with Gasteiger partial charge in [-0.2, -0.15) is 5.10 Å². The topological polar surface area (TPSA) is 60.9 Å². The van der Waals surface area contributed by atoms with Crippen molar-refractivity contribution in [3.05, 3.63) is 70.6 Å². The van der Waals surface area contributed by atoms with Crippen molar-refractivity contribution in [2.45, 2.75) is 6.92 Å². The van der Waals surface area contributed by atoms with Crippen molar-refractivity contribution in [2.75, 3.05) is 0 Å². The lowest BCUT2D eigenvalue weighted by Crippen LogP contribution is -1.99. The number of fused-ring (bicyclic) bond motifs is 3. The zero-order valence-electron chi connectivity index (χ0n) is 14.1. The van der Waals surface area contributed by atoms with Crippen LogP contribution in [0, 0.1) is 6.92 Å². The maximum absolute atomic E-state index is 6.14. The Morgan fingerprint density at radius 3 is 2.63 bits per heavy atom. The van der Waals surface area contributed by atoms with Crippen molar-refractivity contribution in [2.24, 2.45) is 0 Å². The number of hydrogen-bond donors (Lipinski definition) is 0. The average Bonchev–Trinajstić information content (AvgIpc) is 3.28. The third-order valence-electron chi connectivity index (χ3n) is 4.44. The Morgan fingerprint density at radius 2 is 1.81 bits per heavy atom. The molecule has 0 amide bonds. The molecule has 6 nitrogen and oxygen atoms in total. The second-order valence-electron chi connectivity index (χ2n) is 6.16. The highest BCUT2D eigenvalue weighted by Gasteiger charge is 2.15. The van der Waals surface area contributed by atoms with Crippen LogP contribution in [0.4, 0.5) is 0 Å². The number of benzene rings is 2. The molecular formula is C19H12Cl2N6. The van der Waals surface area contributed by atoms with Gasteiger partial charge in [0, 0.05) is 5.56 Å². The van der Waals surface area contributed by atoms with Gasteiger partial charge in [-0.1, -0.05) is 47.5 Å². The first-order chi connectivity index (χ1) is 13.1. The standard InChI is InChI=1S/C19H12Cl2N6/c1-11-4-2-3-5-13(11)17-24-19-14-9-23-27(18(14)22-10-26(19)25-17)12-6-7-15(20)16(21)8-12/h2-10H,1H3. The first-order valence-electron chi connectivity index (χ1n) is 8.22. The second kappa shape index (κ2) is 6.04. The van der Waals surface area contributed by atoms with Gasteiger partial charge < -0.3 is 0 Å². The van der Waals surface area contributed by atoms with E-state index >= 15 is 0 Å². The molecule has 3 heterocycles. The van der Waals surface area contributed by atoms with Gasteiger partial charge in [0.15, 0.2) is 17.1 Å². The SMILES string of the molecule is Cc1ccccc1-c1nc2c3cnn(-c4ccc(Cl)c(Cl)c4)c3ncn2n1. The molecule has 5 rings (SSSR count). The molecule has 2 aromatic carbocycles. The van der Waals surface area contributed by atoms with Crippen LogP contribution in [0.5, 0.6) is 0 Å². The Bertz CT molecular complexity index is 1320. The largest absolute Gasteiger partial charge is 0.216 e. The molecular weight excluding hydrogens is 383 g/mol. The van der Waals surface area contributed by atoms with Crippen molar-refractivity contribution >= 4 is 39.9 Å². The van der Waals surface area contributed by atoms with Gasteiger partial charge in [-0.05, 0) is 30.7 Å². The summed E-state index contributed by atoms with van der Waals surface area (Å²) in [5.41, 5.74) is 4.25. The lowest BCUT2D eigenvalue weighted by atomic mass is 10.1. The Labute approximate surface area is 164 Å². The van der Waals surface area contributed by atoms with E-state index in [9.17, 15) is 0 Å². The summed E-state index contributed by atoms with van der Waals surface area (Å²) in [6, 6.07) is 13.4. The molecule has 0 bridgehead atoms.